The number of likely N-dealkylation sites (tertiary alicyclic amines) is 1. The van der Waals surface area contributed by atoms with Crippen molar-refractivity contribution in [3.8, 4) is 11.6 Å². The molecule has 0 bridgehead atoms. The van der Waals surface area contributed by atoms with Gasteiger partial charge in [0.25, 0.3) is 5.91 Å². The van der Waals surface area contributed by atoms with Crippen LogP contribution in [0.3, 0.4) is 0 Å². The van der Waals surface area contributed by atoms with Crippen LogP contribution in [0, 0.1) is 0 Å². The van der Waals surface area contributed by atoms with Gasteiger partial charge in [-0.25, -0.2) is 4.98 Å². The van der Waals surface area contributed by atoms with Gasteiger partial charge in [0.2, 0.25) is 5.88 Å². The standard InChI is InChI=1S/C18H20N2O2/c21-18(20-12-5-1-2-6-13-20)15-8-7-9-16(14-15)22-17-10-3-4-11-19-17/h3-4,7-11,14H,1-2,5-6,12-13H2. The van der Waals surface area contributed by atoms with Crippen molar-refractivity contribution < 1.29 is 9.53 Å². The van der Waals surface area contributed by atoms with Crippen molar-refractivity contribution in [2.24, 2.45) is 0 Å². The number of nitrogens with zero attached hydrogens (tertiary/aromatic N) is 2. The third-order valence-corrected chi connectivity index (χ3v) is 3.83. The highest BCUT2D eigenvalue weighted by Gasteiger charge is 2.17. The number of benzene rings is 1. The average molecular weight is 296 g/mol. The molecule has 2 heterocycles. The summed E-state index contributed by atoms with van der Waals surface area (Å²) in [6.45, 7) is 1.70. The fraction of sp³-hybridized carbons (Fsp3) is 0.333. The summed E-state index contributed by atoms with van der Waals surface area (Å²) in [5, 5.41) is 0. The molecule has 1 aliphatic heterocycles. The minimum Gasteiger partial charge on any atom is -0.439 e. The van der Waals surface area contributed by atoms with Crippen LogP contribution < -0.4 is 4.74 Å². The second kappa shape index (κ2) is 7.07. The van der Waals surface area contributed by atoms with Gasteiger partial charge in [0.15, 0.2) is 0 Å². The molecule has 0 saturated carbocycles. The van der Waals surface area contributed by atoms with Crippen molar-refractivity contribution in [3.63, 3.8) is 0 Å². The van der Waals surface area contributed by atoms with E-state index in [9.17, 15) is 4.79 Å². The molecule has 1 saturated heterocycles. The summed E-state index contributed by atoms with van der Waals surface area (Å²) in [6, 6.07) is 12.8. The predicted molar refractivity (Wildman–Crippen MR) is 85.1 cm³/mol. The number of carbonyl (C=O) groups excluding carboxylic acids is 1. The molecule has 1 aromatic carbocycles. The van der Waals surface area contributed by atoms with E-state index in [0.29, 0.717) is 17.2 Å². The van der Waals surface area contributed by atoms with E-state index in [2.05, 4.69) is 4.98 Å². The van der Waals surface area contributed by atoms with Gasteiger partial charge in [-0.2, -0.15) is 0 Å². The van der Waals surface area contributed by atoms with Crippen molar-refractivity contribution in [2.75, 3.05) is 13.1 Å². The Labute approximate surface area is 130 Å². The van der Waals surface area contributed by atoms with Gasteiger partial charge in [0, 0.05) is 30.9 Å². The van der Waals surface area contributed by atoms with Gasteiger partial charge < -0.3 is 9.64 Å². The Hall–Kier alpha value is -2.36. The van der Waals surface area contributed by atoms with Gasteiger partial charge in [0.1, 0.15) is 5.75 Å². The largest absolute Gasteiger partial charge is 0.439 e. The number of amides is 1. The van der Waals surface area contributed by atoms with Gasteiger partial charge in [0.05, 0.1) is 0 Å². The van der Waals surface area contributed by atoms with Gasteiger partial charge in [-0.3, -0.25) is 4.79 Å². The van der Waals surface area contributed by atoms with E-state index in [1.165, 1.54) is 12.8 Å². The SMILES string of the molecule is O=C(c1cccc(Oc2ccccn2)c1)N1CCCCCC1. The van der Waals surface area contributed by atoms with E-state index >= 15 is 0 Å². The average Bonchev–Trinajstić information content (AvgIpc) is 2.85. The van der Waals surface area contributed by atoms with E-state index in [1.54, 1.807) is 18.3 Å². The number of hydrogen-bond acceptors (Lipinski definition) is 3. The number of ether oxygens (including phenoxy) is 1. The van der Waals surface area contributed by atoms with Crippen LogP contribution in [0.2, 0.25) is 0 Å². The molecule has 0 N–H and O–H groups in total. The van der Waals surface area contributed by atoms with Crippen LogP contribution in [0.4, 0.5) is 0 Å². The maximum absolute atomic E-state index is 12.6. The van der Waals surface area contributed by atoms with Crippen LogP contribution in [0.5, 0.6) is 11.6 Å². The zero-order valence-corrected chi connectivity index (χ0v) is 12.6. The molecule has 2 aromatic rings. The second-order valence-electron chi connectivity index (χ2n) is 5.50. The van der Waals surface area contributed by atoms with Crippen LogP contribution in [-0.4, -0.2) is 28.9 Å². The molecule has 4 nitrogen and oxygen atoms in total. The lowest BCUT2D eigenvalue weighted by Gasteiger charge is -2.20. The van der Waals surface area contributed by atoms with Crippen LogP contribution in [0.25, 0.3) is 0 Å². The maximum Gasteiger partial charge on any atom is 0.253 e. The Morgan fingerprint density at radius 2 is 1.82 bits per heavy atom. The first kappa shape index (κ1) is 14.6. The third-order valence-electron chi connectivity index (χ3n) is 3.83. The van der Waals surface area contributed by atoms with Crippen LogP contribution >= 0.6 is 0 Å². The minimum absolute atomic E-state index is 0.0911. The van der Waals surface area contributed by atoms with E-state index < -0.39 is 0 Å². The zero-order chi connectivity index (χ0) is 15.2. The first-order chi connectivity index (χ1) is 10.8. The Balaban J connectivity index is 1.74. The molecule has 0 aliphatic carbocycles. The molecule has 1 aromatic heterocycles. The summed E-state index contributed by atoms with van der Waals surface area (Å²) in [7, 11) is 0. The zero-order valence-electron chi connectivity index (χ0n) is 12.6. The molecule has 4 heteroatoms. The van der Waals surface area contributed by atoms with Crippen molar-refractivity contribution >= 4 is 5.91 Å². The lowest BCUT2D eigenvalue weighted by atomic mass is 10.2. The summed E-state index contributed by atoms with van der Waals surface area (Å²) >= 11 is 0. The monoisotopic (exact) mass is 296 g/mol. The molecule has 1 aliphatic rings. The number of rotatable bonds is 3. The summed E-state index contributed by atoms with van der Waals surface area (Å²) in [5.74, 6) is 1.26. The molecule has 1 fully saturated rings. The smallest absolute Gasteiger partial charge is 0.253 e. The predicted octanol–water partition coefficient (Wildman–Crippen LogP) is 3.89. The third kappa shape index (κ3) is 3.64. The van der Waals surface area contributed by atoms with Gasteiger partial charge >= 0.3 is 0 Å². The van der Waals surface area contributed by atoms with Crippen molar-refractivity contribution in [2.45, 2.75) is 25.7 Å². The molecule has 0 radical (unpaired) electrons. The Morgan fingerprint density at radius 3 is 2.55 bits per heavy atom. The maximum atomic E-state index is 12.6. The Bertz CT molecular complexity index is 620. The first-order valence-electron chi connectivity index (χ1n) is 7.81. The first-order valence-corrected chi connectivity index (χ1v) is 7.81. The molecule has 114 valence electrons. The lowest BCUT2D eigenvalue weighted by Crippen LogP contribution is -2.31. The van der Waals surface area contributed by atoms with Gasteiger partial charge in [-0.05, 0) is 37.1 Å². The summed E-state index contributed by atoms with van der Waals surface area (Å²) < 4.78 is 5.70. The number of hydrogen-bond donors (Lipinski definition) is 0. The van der Waals surface area contributed by atoms with E-state index in [1.807, 2.05) is 35.2 Å². The van der Waals surface area contributed by atoms with E-state index in [-0.39, 0.29) is 5.91 Å². The Morgan fingerprint density at radius 1 is 1.00 bits per heavy atom. The van der Waals surface area contributed by atoms with Crippen molar-refractivity contribution in [1.82, 2.24) is 9.88 Å². The van der Waals surface area contributed by atoms with Crippen molar-refractivity contribution in [3.05, 3.63) is 54.2 Å². The molecule has 22 heavy (non-hydrogen) atoms. The number of aromatic nitrogens is 1. The molecular formula is C18H20N2O2. The molecule has 0 unspecified atom stereocenters. The molecule has 1 amide bonds. The summed E-state index contributed by atoms with van der Waals surface area (Å²) in [5.41, 5.74) is 0.676. The molecular weight excluding hydrogens is 276 g/mol. The molecule has 0 atom stereocenters. The van der Waals surface area contributed by atoms with Crippen molar-refractivity contribution in [1.29, 1.82) is 0 Å². The quantitative estimate of drug-likeness (QED) is 0.863. The van der Waals surface area contributed by atoms with Crippen LogP contribution in [-0.2, 0) is 0 Å². The summed E-state index contributed by atoms with van der Waals surface area (Å²) in [6.07, 6.45) is 6.30. The minimum atomic E-state index is 0.0911. The van der Waals surface area contributed by atoms with Gasteiger partial charge in [-0.1, -0.05) is 25.0 Å². The highest BCUT2D eigenvalue weighted by molar-refractivity contribution is 5.94. The highest BCUT2D eigenvalue weighted by Crippen LogP contribution is 2.21. The molecule has 0 spiro atoms. The van der Waals surface area contributed by atoms with Crippen LogP contribution in [0.1, 0.15) is 36.0 Å². The number of pyridine rings is 1. The lowest BCUT2D eigenvalue weighted by molar-refractivity contribution is 0.0761. The van der Waals surface area contributed by atoms with Crippen LogP contribution in [0.15, 0.2) is 48.7 Å². The van der Waals surface area contributed by atoms with E-state index in [0.717, 1.165) is 25.9 Å². The summed E-state index contributed by atoms with van der Waals surface area (Å²) in [4.78, 5) is 18.7. The van der Waals surface area contributed by atoms with E-state index in [4.69, 9.17) is 4.74 Å². The molecule has 3 rings (SSSR count). The Kier molecular flexibility index (Phi) is 4.68. The second-order valence-corrected chi connectivity index (χ2v) is 5.50. The highest BCUT2D eigenvalue weighted by atomic mass is 16.5. The number of carbonyl (C=O) groups is 1. The topological polar surface area (TPSA) is 42.4 Å². The fourth-order valence-corrected chi connectivity index (χ4v) is 2.68. The van der Waals surface area contributed by atoms with Gasteiger partial charge in [-0.15, -0.1) is 0 Å². The fourth-order valence-electron chi connectivity index (χ4n) is 2.68. The normalized spacial score (nSPS) is 15.2.